The van der Waals surface area contributed by atoms with Crippen LogP contribution in [-0.4, -0.2) is 19.2 Å². The van der Waals surface area contributed by atoms with Gasteiger partial charge in [-0.3, -0.25) is 0 Å². The molecule has 0 spiro atoms. The first-order valence-corrected chi connectivity index (χ1v) is 9.35. The van der Waals surface area contributed by atoms with Gasteiger partial charge in [-0.25, -0.2) is 4.98 Å². The Morgan fingerprint density at radius 1 is 1.04 bits per heavy atom. The second kappa shape index (κ2) is 6.25. The van der Waals surface area contributed by atoms with Gasteiger partial charge in [-0.2, -0.15) is 0 Å². The summed E-state index contributed by atoms with van der Waals surface area (Å²) in [5.41, 5.74) is 5.98. The first-order valence-electron chi connectivity index (χ1n) is 7.45. The molecule has 1 aromatic heterocycles. The molecule has 1 aliphatic rings. The average Bonchev–Trinajstić information content (AvgIpc) is 3.17. The number of halogens is 1. The Kier molecular flexibility index (Phi) is 4.09. The SMILES string of the molecule is COc1ccc(-c2ccc3c(c2)Cc2sc(NI)nc2-3)cc1OC. The lowest BCUT2D eigenvalue weighted by atomic mass is 10.00. The van der Waals surface area contributed by atoms with Crippen LogP contribution in [0.4, 0.5) is 5.13 Å². The number of hydrogen-bond donors (Lipinski definition) is 1. The van der Waals surface area contributed by atoms with Crippen molar-refractivity contribution >= 4 is 39.3 Å². The third kappa shape index (κ3) is 2.53. The van der Waals surface area contributed by atoms with E-state index in [9.17, 15) is 0 Å². The number of benzene rings is 2. The van der Waals surface area contributed by atoms with Gasteiger partial charge in [0, 0.05) is 16.9 Å². The van der Waals surface area contributed by atoms with Gasteiger partial charge in [0.15, 0.2) is 16.6 Å². The zero-order chi connectivity index (χ0) is 16.7. The lowest BCUT2D eigenvalue weighted by Gasteiger charge is -2.10. The summed E-state index contributed by atoms with van der Waals surface area (Å²) in [4.78, 5) is 5.99. The van der Waals surface area contributed by atoms with Crippen LogP contribution in [0.15, 0.2) is 36.4 Å². The Balaban J connectivity index is 1.73. The number of ether oxygens (including phenoxy) is 2. The predicted octanol–water partition coefficient (Wildman–Crippen LogP) is 5.16. The quantitative estimate of drug-likeness (QED) is 0.345. The highest BCUT2D eigenvalue weighted by Crippen LogP contribution is 2.43. The van der Waals surface area contributed by atoms with E-state index < -0.39 is 0 Å². The van der Waals surface area contributed by atoms with Gasteiger partial charge in [-0.15, -0.1) is 11.3 Å². The third-order valence-electron chi connectivity index (χ3n) is 4.21. The summed E-state index contributed by atoms with van der Waals surface area (Å²) >= 11 is 3.85. The molecule has 0 bridgehead atoms. The monoisotopic (exact) mass is 450 g/mol. The molecule has 3 aromatic rings. The summed E-state index contributed by atoms with van der Waals surface area (Å²) in [6, 6.07) is 12.6. The second-order valence-electron chi connectivity index (χ2n) is 5.50. The van der Waals surface area contributed by atoms with E-state index in [1.165, 1.54) is 21.6 Å². The standard InChI is InChI=1S/C18H15IN2O2S/c1-22-14-6-4-11(8-15(14)23-2)10-3-5-13-12(7-10)9-16-17(13)20-18(21-19)24-16/h3-8H,9H2,1-2H3,(H,20,21). The van der Waals surface area contributed by atoms with Crippen LogP contribution >= 0.6 is 34.2 Å². The zero-order valence-electron chi connectivity index (χ0n) is 13.2. The minimum absolute atomic E-state index is 0.743. The molecule has 0 fully saturated rings. The van der Waals surface area contributed by atoms with E-state index in [2.05, 4.69) is 55.6 Å². The summed E-state index contributed by atoms with van der Waals surface area (Å²) in [5, 5.41) is 0.968. The Labute approximate surface area is 158 Å². The number of fused-ring (bicyclic) bond motifs is 3. The maximum absolute atomic E-state index is 5.41. The Morgan fingerprint density at radius 2 is 1.79 bits per heavy atom. The van der Waals surface area contributed by atoms with Gasteiger partial charge in [0.25, 0.3) is 0 Å². The van der Waals surface area contributed by atoms with Gasteiger partial charge in [-0.1, -0.05) is 24.3 Å². The van der Waals surface area contributed by atoms with Crippen molar-refractivity contribution in [1.82, 2.24) is 4.98 Å². The fraction of sp³-hybridized carbons (Fsp3) is 0.167. The molecule has 1 aliphatic carbocycles. The van der Waals surface area contributed by atoms with Crippen LogP contribution in [0.1, 0.15) is 10.4 Å². The number of methoxy groups -OCH3 is 2. The topological polar surface area (TPSA) is 43.4 Å². The number of rotatable bonds is 4. The first kappa shape index (κ1) is 15.7. The molecule has 4 rings (SSSR count). The molecule has 0 unspecified atom stereocenters. The molecule has 0 radical (unpaired) electrons. The minimum Gasteiger partial charge on any atom is -0.493 e. The van der Waals surface area contributed by atoms with E-state index >= 15 is 0 Å². The lowest BCUT2D eigenvalue weighted by Crippen LogP contribution is -1.91. The third-order valence-corrected chi connectivity index (χ3v) is 6.05. The van der Waals surface area contributed by atoms with E-state index in [1.807, 2.05) is 12.1 Å². The first-order chi connectivity index (χ1) is 11.7. The molecule has 1 heterocycles. The number of anilines is 1. The van der Waals surface area contributed by atoms with Crippen molar-refractivity contribution in [2.75, 3.05) is 17.7 Å². The maximum Gasteiger partial charge on any atom is 0.192 e. The van der Waals surface area contributed by atoms with Crippen LogP contribution in [0, 0.1) is 0 Å². The van der Waals surface area contributed by atoms with Crippen LogP contribution < -0.4 is 13.0 Å². The molecule has 0 saturated heterocycles. The summed E-state index contributed by atoms with van der Waals surface area (Å²) in [6.45, 7) is 0. The number of aromatic nitrogens is 1. The van der Waals surface area contributed by atoms with Crippen molar-refractivity contribution in [3.63, 3.8) is 0 Å². The highest BCUT2D eigenvalue weighted by Gasteiger charge is 2.23. The number of hydrogen-bond acceptors (Lipinski definition) is 5. The van der Waals surface area contributed by atoms with Crippen LogP contribution in [0.25, 0.3) is 22.4 Å². The van der Waals surface area contributed by atoms with Gasteiger partial charge in [0.2, 0.25) is 0 Å². The Morgan fingerprint density at radius 3 is 2.54 bits per heavy atom. The zero-order valence-corrected chi connectivity index (χ0v) is 16.2. The second-order valence-corrected chi connectivity index (χ2v) is 7.13. The van der Waals surface area contributed by atoms with Gasteiger partial charge in [-0.05, 0) is 28.8 Å². The molecule has 0 aliphatic heterocycles. The number of thiazole rings is 1. The predicted molar refractivity (Wildman–Crippen MR) is 107 cm³/mol. The molecule has 6 heteroatoms. The molecular formula is C18H15IN2O2S. The lowest BCUT2D eigenvalue weighted by molar-refractivity contribution is 0.355. The molecule has 0 atom stereocenters. The van der Waals surface area contributed by atoms with Gasteiger partial charge < -0.3 is 13.0 Å². The van der Waals surface area contributed by atoms with Crippen molar-refractivity contribution in [3.8, 4) is 33.9 Å². The smallest absolute Gasteiger partial charge is 0.192 e. The van der Waals surface area contributed by atoms with Gasteiger partial charge in [0.1, 0.15) is 0 Å². The van der Waals surface area contributed by atoms with Crippen molar-refractivity contribution in [3.05, 3.63) is 46.8 Å². The van der Waals surface area contributed by atoms with Crippen LogP contribution in [-0.2, 0) is 6.42 Å². The molecular weight excluding hydrogens is 435 g/mol. The van der Waals surface area contributed by atoms with E-state index in [4.69, 9.17) is 9.47 Å². The summed E-state index contributed by atoms with van der Waals surface area (Å²) in [5.74, 6) is 1.49. The van der Waals surface area contributed by atoms with E-state index in [0.717, 1.165) is 34.3 Å². The van der Waals surface area contributed by atoms with Gasteiger partial charge in [0.05, 0.1) is 42.8 Å². The fourth-order valence-electron chi connectivity index (χ4n) is 3.06. The van der Waals surface area contributed by atoms with Crippen molar-refractivity contribution in [2.45, 2.75) is 6.42 Å². The molecule has 0 saturated carbocycles. The molecule has 0 amide bonds. The van der Waals surface area contributed by atoms with E-state index in [1.54, 1.807) is 25.6 Å². The van der Waals surface area contributed by atoms with Crippen LogP contribution in [0.2, 0.25) is 0 Å². The van der Waals surface area contributed by atoms with E-state index in [-0.39, 0.29) is 0 Å². The summed E-state index contributed by atoms with van der Waals surface area (Å²) < 4.78 is 13.8. The minimum atomic E-state index is 0.743. The maximum atomic E-state index is 5.41. The van der Waals surface area contributed by atoms with E-state index in [0.29, 0.717) is 0 Å². The average molecular weight is 450 g/mol. The highest BCUT2D eigenvalue weighted by molar-refractivity contribution is 14.1. The molecule has 122 valence electrons. The normalized spacial score (nSPS) is 11.8. The van der Waals surface area contributed by atoms with Crippen molar-refractivity contribution in [1.29, 1.82) is 0 Å². The molecule has 1 N–H and O–H groups in total. The number of nitrogens with zero attached hydrogens (tertiary/aromatic N) is 1. The van der Waals surface area contributed by atoms with Crippen LogP contribution in [0.3, 0.4) is 0 Å². The highest BCUT2D eigenvalue weighted by atomic mass is 127. The summed E-state index contributed by atoms with van der Waals surface area (Å²) in [6.07, 6.45) is 0.946. The Bertz CT molecular complexity index is 923. The molecule has 4 nitrogen and oxygen atoms in total. The summed E-state index contributed by atoms with van der Waals surface area (Å²) in [7, 11) is 3.31. The van der Waals surface area contributed by atoms with Crippen molar-refractivity contribution < 1.29 is 9.47 Å². The fourth-order valence-corrected chi connectivity index (χ4v) is 4.40. The Hall–Kier alpha value is -1.80. The molecule has 2 aromatic carbocycles. The van der Waals surface area contributed by atoms with Crippen molar-refractivity contribution in [2.24, 2.45) is 0 Å². The van der Waals surface area contributed by atoms with Crippen LogP contribution in [0.5, 0.6) is 11.5 Å². The van der Waals surface area contributed by atoms with Gasteiger partial charge >= 0.3 is 0 Å². The number of nitrogens with one attached hydrogen (secondary N) is 1. The largest absolute Gasteiger partial charge is 0.493 e. The molecule has 24 heavy (non-hydrogen) atoms.